The number of benzene rings is 2. The molecule has 166 valence electrons. The molecule has 4 aromatic rings. The summed E-state index contributed by atoms with van der Waals surface area (Å²) < 4.78 is 55.1. The largest absolute Gasteiger partial charge is 0.369 e. The quantitative estimate of drug-likeness (QED) is 0.439. The van der Waals surface area contributed by atoms with Crippen LogP contribution in [0.3, 0.4) is 0 Å². The van der Waals surface area contributed by atoms with E-state index in [-0.39, 0.29) is 17.1 Å². The molecule has 0 amide bonds. The van der Waals surface area contributed by atoms with E-state index in [0.717, 1.165) is 0 Å². The molecular weight excluding hydrogens is 436 g/mol. The van der Waals surface area contributed by atoms with Crippen molar-refractivity contribution in [2.24, 2.45) is 0 Å². The topological polar surface area (TPSA) is 85.0 Å². The molecular formula is C22H21F2N5O2S. The van der Waals surface area contributed by atoms with E-state index < -0.39 is 28.3 Å². The molecule has 0 bridgehead atoms. The molecule has 7 nitrogen and oxygen atoms in total. The molecule has 10 heteroatoms. The van der Waals surface area contributed by atoms with Gasteiger partial charge in [0.2, 0.25) is 0 Å². The second kappa shape index (κ2) is 6.94. The zero-order valence-electron chi connectivity index (χ0n) is 17.9. The fourth-order valence-corrected chi connectivity index (χ4v) is 5.05. The highest BCUT2D eigenvalue weighted by Crippen LogP contribution is 2.45. The van der Waals surface area contributed by atoms with Gasteiger partial charge in [0.15, 0.2) is 28.5 Å². The van der Waals surface area contributed by atoms with E-state index in [1.165, 1.54) is 0 Å². The second-order valence-corrected chi connectivity index (χ2v) is 9.38. The summed E-state index contributed by atoms with van der Waals surface area (Å²) in [5.74, 6) is -0.858. The molecule has 0 aliphatic carbocycles. The maximum absolute atomic E-state index is 15.6. The summed E-state index contributed by atoms with van der Waals surface area (Å²) in [5, 5.41) is 12.2. The summed E-state index contributed by atoms with van der Waals surface area (Å²) >= 11 is -2.04. The van der Waals surface area contributed by atoms with Gasteiger partial charge in [-0.05, 0) is 51.0 Å². The molecule has 0 spiro atoms. The van der Waals surface area contributed by atoms with Crippen molar-refractivity contribution in [3.8, 4) is 16.8 Å². The van der Waals surface area contributed by atoms with E-state index in [0.29, 0.717) is 39.4 Å². The molecule has 5 rings (SSSR count). The Morgan fingerprint density at radius 2 is 1.91 bits per heavy atom. The number of fused-ring (bicyclic) bond motifs is 4. The van der Waals surface area contributed by atoms with E-state index in [1.807, 2.05) is 13.8 Å². The molecule has 1 atom stereocenters. The maximum Gasteiger partial charge on any atom is 0.184 e. The summed E-state index contributed by atoms with van der Waals surface area (Å²) in [5.41, 5.74) is 1.63. The molecule has 1 unspecified atom stereocenters. The minimum Gasteiger partial charge on any atom is -0.369 e. The molecule has 2 aromatic heterocycles. The summed E-state index contributed by atoms with van der Waals surface area (Å²) in [7, 11) is 0. The Labute approximate surface area is 185 Å². The van der Waals surface area contributed by atoms with Gasteiger partial charge >= 0.3 is 0 Å². The molecule has 0 fully saturated rings. The Balaban J connectivity index is 1.83. The first-order chi connectivity index (χ1) is 15.1. The summed E-state index contributed by atoms with van der Waals surface area (Å²) in [4.78, 5) is 0. The fourth-order valence-electron chi connectivity index (χ4n) is 4.58. The average molecular weight is 458 g/mol. The van der Waals surface area contributed by atoms with Crippen LogP contribution >= 0.6 is 0 Å². The van der Waals surface area contributed by atoms with Gasteiger partial charge in [0.1, 0.15) is 11.7 Å². The van der Waals surface area contributed by atoms with Gasteiger partial charge in [-0.1, -0.05) is 12.1 Å². The molecule has 2 N–H and O–H groups in total. The predicted molar refractivity (Wildman–Crippen MR) is 119 cm³/mol. The van der Waals surface area contributed by atoms with E-state index >= 15 is 8.78 Å². The third-order valence-electron chi connectivity index (χ3n) is 5.98. The highest BCUT2D eigenvalue weighted by atomic mass is 32.2. The molecule has 1 aliphatic heterocycles. The molecule has 2 aromatic carbocycles. The Morgan fingerprint density at radius 3 is 2.62 bits per heavy atom. The Hall–Kier alpha value is -3.11. The van der Waals surface area contributed by atoms with Crippen LogP contribution in [0, 0.1) is 25.5 Å². The van der Waals surface area contributed by atoms with E-state index in [4.69, 9.17) is 0 Å². The monoisotopic (exact) mass is 457 g/mol. The third-order valence-corrected chi connectivity index (χ3v) is 6.48. The van der Waals surface area contributed by atoms with Crippen LogP contribution < -0.4 is 5.32 Å². The van der Waals surface area contributed by atoms with Crippen LogP contribution in [0.4, 0.5) is 14.5 Å². The Morgan fingerprint density at radius 1 is 1.16 bits per heavy atom. The van der Waals surface area contributed by atoms with Crippen molar-refractivity contribution < 1.29 is 17.5 Å². The minimum absolute atomic E-state index is 0.0737. The predicted octanol–water partition coefficient (Wildman–Crippen LogP) is 4.62. The van der Waals surface area contributed by atoms with Crippen LogP contribution in [0.1, 0.15) is 31.1 Å². The van der Waals surface area contributed by atoms with Crippen molar-refractivity contribution in [3.63, 3.8) is 0 Å². The van der Waals surface area contributed by atoms with Crippen molar-refractivity contribution in [1.82, 2.24) is 19.3 Å². The number of aryl methyl sites for hydroxylation is 1. The summed E-state index contributed by atoms with van der Waals surface area (Å²) in [6.45, 7) is 7.20. The fraction of sp³-hybridized carbons (Fsp3) is 0.273. The van der Waals surface area contributed by atoms with Crippen LogP contribution in [0.15, 0.2) is 30.5 Å². The van der Waals surface area contributed by atoms with E-state index in [9.17, 15) is 8.76 Å². The number of aromatic nitrogens is 4. The SMILES string of the molecule is Cc1c(-c2cccc3c2ccn3CS(=O)O)c(F)c(F)c2c1-n1c(C)nnc1C(C)(C)N2. The van der Waals surface area contributed by atoms with Crippen molar-refractivity contribution in [2.45, 2.75) is 39.1 Å². The zero-order valence-corrected chi connectivity index (χ0v) is 18.7. The number of rotatable bonds is 3. The highest BCUT2D eigenvalue weighted by Gasteiger charge is 2.38. The first kappa shape index (κ1) is 20.8. The van der Waals surface area contributed by atoms with Crippen molar-refractivity contribution in [1.29, 1.82) is 0 Å². The standard InChI is InChI=1S/C22H21F2N5O2S/c1-11-16(14-6-5-7-15-13(14)8-9-28(15)10-32(30)31)17(23)18(24)19-20(11)29-12(2)26-27-21(29)22(3,4)25-19/h5-9,25H,10H2,1-4H3,(H,30,31). The van der Waals surface area contributed by atoms with Gasteiger partial charge in [-0.15, -0.1) is 10.2 Å². The average Bonchev–Trinajstić information content (AvgIpc) is 3.31. The van der Waals surface area contributed by atoms with Gasteiger partial charge in [0.25, 0.3) is 0 Å². The van der Waals surface area contributed by atoms with Gasteiger partial charge < -0.3 is 14.4 Å². The van der Waals surface area contributed by atoms with Crippen LogP contribution in [0.25, 0.3) is 27.7 Å². The molecule has 3 heterocycles. The Bertz CT molecular complexity index is 1440. The van der Waals surface area contributed by atoms with Gasteiger partial charge in [-0.2, -0.15) is 0 Å². The summed E-state index contributed by atoms with van der Waals surface area (Å²) in [6.07, 6.45) is 1.66. The molecule has 0 saturated carbocycles. The maximum atomic E-state index is 15.6. The first-order valence-corrected chi connectivity index (χ1v) is 11.3. The minimum atomic E-state index is -2.04. The van der Waals surface area contributed by atoms with Gasteiger partial charge in [-0.25, -0.2) is 13.0 Å². The lowest BCUT2D eigenvalue weighted by Crippen LogP contribution is -2.37. The van der Waals surface area contributed by atoms with Crippen molar-refractivity contribution in [2.75, 3.05) is 5.32 Å². The molecule has 0 radical (unpaired) electrons. The summed E-state index contributed by atoms with van der Waals surface area (Å²) in [6, 6.07) is 6.96. The second-order valence-electron chi connectivity index (χ2n) is 8.48. The van der Waals surface area contributed by atoms with Crippen LogP contribution in [0.5, 0.6) is 0 Å². The lowest BCUT2D eigenvalue weighted by molar-refractivity contribution is 0.488. The van der Waals surface area contributed by atoms with Crippen molar-refractivity contribution in [3.05, 3.63) is 59.3 Å². The number of hydrogen-bond donors (Lipinski definition) is 2. The third kappa shape index (κ3) is 2.82. The Kier molecular flexibility index (Phi) is 4.51. The molecule has 0 saturated heterocycles. The lowest BCUT2D eigenvalue weighted by Gasteiger charge is -2.35. The highest BCUT2D eigenvalue weighted by molar-refractivity contribution is 7.78. The van der Waals surface area contributed by atoms with Gasteiger partial charge in [-0.3, -0.25) is 4.57 Å². The van der Waals surface area contributed by atoms with Gasteiger partial charge in [0.05, 0.1) is 16.9 Å². The lowest BCUT2D eigenvalue weighted by atomic mass is 9.91. The van der Waals surface area contributed by atoms with Crippen LogP contribution in [-0.2, 0) is 22.5 Å². The number of hydrogen-bond acceptors (Lipinski definition) is 4. The van der Waals surface area contributed by atoms with Gasteiger partial charge in [0, 0.05) is 22.7 Å². The number of nitrogens with zero attached hydrogens (tertiary/aromatic N) is 4. The van der Waals surface area contributed by atoms with E-state index in [1.54, 1.807) is 53.4 Å². The van der Waals surface area contributed by atoms with Crippen LogP contribution in [0.2, 0.25) is 0 Å². The first-order valence-electron chi connectivity index (χ1n) is 10.00. The van der Waals surface area contributed by atoms with Crippen molar-refractivity contribution >= 4 is 27.7 Å². The zero-order chi connectivity index (χ0) is 22.9. The van der Waals surface area contributed by atoms with E-state index in [2.05, 4.69) is 15.5 Å². The van der Waals surface area contributed by atoms with Crippen LogP contribution in [-0.4, -0.2) is 28.1 Å². The number of nitrogens with one attached hydrogen (secondary N) is 1. The smallest absolute Gasteiger partial charge is 0.184 e. The number of halogens is 2. The number of anilines is 1. The molecule has 32 heavy (non-hydrogen) atoms. The molecule has 1 aliphatic rings. The normalized spacial score (nSPS) is 15.3.